The van der Waals surface area contributed by atoms with Crippen LogP contribution in [-0.2, 0) is 19.5 Å². The Hall–Kier alpha value is -1.17. The molecule has 0 saturated heterocycles. The minimum absolute atomic E-state index is 0.0663. The van der Waals surface area contributed by atoms with E-state index < -0.39 is 0 Å². The first kappa shape index (κ1) is 16.2. The van der Waals surface area contributed by atoms with Crippen molar-refractivity contribution < 1.29 is 5.11 Å². The second-order valence-corrected chi connectivity index (χ2v) is 5.70. The minimum atomic E-state index is -0.0663. The summed E-state index contributed by atoms with van der Waals surface area (Å²) < 4.78 is 3.08. The Labute approximate surface area is 134 Å². The Morgan fingerprint density at radius 3 is 2.57 bits per heavy atom. The monoisotopic (exact) mass is 351 g/mol. The molecule has 114 valence electrons. The lowest BCUT2D eigenvalue weighted by atomic mass is 10.1. The topological polar surface area (TPSA) is 50.1 Å². The van der Waals surface area contributed by atoms with Crippen molar-refractivity contribution in [1.82, 2.24) is 15.1 Å². The van der Waals surface area contributed by atoms with Gasteiger partial charge >= 0.3 is 0 Å². The molecule has 0 saturated carbocycles. The third-order valence-electron chi connectivity index (χ3n) is 3.59. The van der Waals surface area contributed by atoms with E-state index in [0.29, 0.717) is 6.54 Å². The Bertz CT molecular complexity index is 568. The van der Waals surface area contributed by atoms with Crippen LogP contribution in [0.4, 0.5) is 0 Å². The molecule has 0 spiro atoms. The molecule has 21 heavy (non-hydrogen) atoms. The van der Waals surface area contributed by atoms with E-state index in [0.717, 1.165) is 34.4 Å². The van der Waals surface area contributed by atoms with Gasteiger partial charge < -0.3 is 10.4 Å². The Balaban J connectivity index is 2.13. The smallest absolute Gasteiger partial charge is 0.0767 e. The molecule has 2 aromatic rings. The number of aromatic nitrogens is 2. The summed E-state index contributed by atoms with van der Waals surface area (Å²) in [5.74, 6) is 0. The van der Waals surface area contributed by atoms with Crippen LogP contribution < -0.4 is 5.32 Å². The number of hydrogen-bond donors (Lipinski definition) is 2. The Kier molecular flexibility index (Phi) is 5.96. The van der Waals surface area contributed by atoms with Crippen LogP contribution in [-0.4, -0.2) is 21.5 Å². The molecule has 0 bridgehead atoms. The summed E-state index contributed by atoms with van der Waals surface area (Å²) in [5.41, 5.74) is 3.30. The van der Waals surface area contributed by atoms with Crippen molar-refractivity contribution in [3.63, 3.8) is 0 Å². The van der Waals surface area contributed by atoms with Crippen LogP contribution in [0.3, 0.4) is 0 Å². The van der Waals surface area contributed by atoms with Gasteiger partial charge in [0, 0.05) is 13.1 Å². The van der Waals surface area contributed by atoms with Gasteiger partial charge in [-0.15, -0.1) is 0 Å². The van der Waals surface area contributed by atoms with Gasteiger partial charge in [-0.1, -0.05) is 37.3 Å². The van der Waals surface area contributed by atoms with E-state index >= 15 is 0 Å². The highest BCUT2D eigenvalue weighted by Crippen LogP contribution is 2.23. The zero-order valence-corrected chi connectivity index (χ0v) is 14.1. The van der Waals surface area contributed by atoms with Gasteiger partial charge in [-0.25, -0.2) is 0 Å². The molecule has 2 rings (SSSR count). The molecular weight excluding hydrogens is 330 g/mol. The zero-order chi connectivity index (χ0) is 15.2. The van der Waals surface area contributed by atoms with Gasteiger partial charge in [0.15, 0.2) is 0 Å². The number of nitrogens with one attached hydrogen (secondary N) is 1. The molecular formula is C16H22BrN3O. The van der Waals surface area contributed by atoms with Gasteiger partial charge in [-0.3, -0.25) is 4.68 Å². The van der Waals surface area contributed by atoms with E-state index in [1.54, 1.807) is 0 Å². The maximum atomic E-state index is 9.61. The number of rotatable bonds is 7. The van der Waals surface area contributed by atoms with Crippen LogP contribution in [0, 0.1) is 0 Å². The lowest BCUT2D eigenvalue weighted by molar-refractivity contribution is 0.242. The van der Waals surface area contributed by atoms with Crippen molar-refractivity contribution in [2.75, 3.05) is 6.61 Å². The van der Waals surface area contributed by atoms with Crippen molar-refractivity contribution in [3.8, 4) is 0 Å². The molecule has 0 fully saturated rings. The molecule has 1 heterocycles. The number of aryl methyl sites for hydroxylation is 2. The second-order valence-electron chi connectivity index (χ2n) is 4.90. The Morgan fingerprint density at radius 1 is 1.29 bits per heavy atom. The summed E-state index contributed by atoms with van der Waals surface area (Å²) in [6.07, 6.45) is 0.905. The summed E-state index contributed by atoms with van der Waals surface area (Å²) in [4.78, 5) is 0. The maximum Gasteiger partial charge on any atom is 0.0767 e. The van der Waals surface area contributed by atoms with E-state index in [1.807, 2.05) is 35.0 Å². The highest BCUT2D eigenvalue weighted by molar-refractivity contribution is 9.10. The lowest BCUT2D eigenvalue weighted by Crippen LogP contribution is -2.25. The number of nitrogens with zero attached hydrogens (tertiary/aromatic N) is 2. The molecule has 1 atom stereocenters. The molecule has 0 radical (unpaired) electrons. The fourth-order valence-electron chi connectivity index (χ4n) is 2.38. The van der Waals surface area contributed by atoms with Gasteiger partial charge in [0.05, 0.1) is 28.5 Å². The average molecular weight is 352 g/mol. The average Bonchev–Trinajstić information content (AvgIpc) is 2.84. The van der Waals surface area contributed by atoms with E-state index in [2.05, 4.69) is 40.2 Å². The third kappa shape index (κ3) is 3.73. The lowest BCUT2D eigenvalue weighted by Gasteiger charge is -2.17. The van der Waals surface area contributed by atoms with Crippen molar-refractivity contribution in [2.24, 2.45) is 0 Å². The van der Waals surface area contributed by atoms with E-state index in [4.69, 9.17) is 0 Å². The standard InChI is InChI=1S/C16H22BrN3O/c1-3-13-16(17)15(20(4-2)19-13)10-18-14(11-21)12-8-6-5-7-9-12/h5-9,14,18,21H,3-4,10-11H2,1-2H3. The van der Waals surface area contributed by atoms with Crippen molar-refractivity contribution in [1.29, 1.82) is 0 Å². The van der Waals surface area contributed by atoms with Crippen molar-refractivity contribution >= 4 is 15.9 Å². The number of halogens is 1. The van der Waals surface area contributed by atoms with E-state index in [1.165, 1.54) is 0 Å². The first-order valence-electron chi connectivity index (χ1n) is 7.34. The van der Waals surface area contributed by atoms with Gasteiger partial charge in [-0.05, 0) is 34.8 Å². The van der Waals surface area contributed by atoms with Crippen LogP contribution in [0.25, 0.3) is 0 Å². The molecule has 1 aromatic carbocycles. The van der Waals surface area contributed by atoms with Gasteiger partial charge in [0.2, 0.25) is 0 Å². The van der Waals surface area contributed by atoms with Gasteiger partial charge in [0.25, 0.3) is 0 Å². The highest BCUT2D eigenvalue weighted by atomic mass is 79.9. The quantitative estimate of drug-likeness (QED) is 0.805. The molecule has 1 unspecified atom stereocenters. The Morgan fingerprint density at radius 2 is 2.00 bits per heavy atom. The summed E-state index contributed by atoms with van der Waals surface area (Å²) in [7, 11) is 0. The van der Waals surface area contributed by atoms with E-state index in [-0.39, 0.29) is 12.6 Å². The third-order valence-corrected chi connectivity index (χ3v) is 4.51. The first-order chi connectivity index (χ1) is 10.2. The molecule has 0 amide bonds. The van der Waals surface area contributed by atoms with Crippen LogP contribution >= 0.6 is 15.9 Å². The summed E-state index contributed by atoms with van der Waals surface area (Å²) in [5, 5.41) is 17.6. The number of aliphatic hydroxyl groups excluding tert-OH is 1. The largest absolute Gasteiger partial charge is 0.394 e. The number of benzene rings is 1. The first-order valence-corrected chi connectivity index (χ1v) is 8.13. The predicted octanol–water partition coefficient (Wildman–Crippen LogP) is 3.05. The van der Waals surface area contributed by atoms with Crippen molar-refractivity contribution in [2.45, 2.75) is 39.4 Å². The zero-order valence-electron chi connectivity index (χ0n) is 12.5. The fourth-order valence-corrected chi connectivity index (χ4v) is 3.08. The van der Waals surface area contributed by atoms with Crippen molar-refractivity contribution in [3.05, 3.63) is 51.8 Å². The maximum absolute atomic E-state index is 9.61. The predicted molar refractivity (Wildman–Crippen MR) is 88.1 cm³/mol. The number of hydrogen-bond acceptors (Lipinski definition) is 3. The SMILES string of the molecule is CCc1nn(CC)c(CNC(CO)c2ccccc2)c1Br. The fraction of sp³-hybridized carbons (Fsp3) is 0.438. The molecule has 0 aliphatic heterocycles. The number of aliphatic hydroxyl groups is 1. The van der Waals surface area contributed by atoms with Crippen LogP contribution in [0.5, 0.6) is 0 Å². The molecule has 0 aliphatic carbocycles. The van der Waals surface area contributed by atoms with Crippen LogP contribution in [0.1, 0.15) is 36.8 Å². The normalized spacial score (nSPS) is 12.6. The summed E-state index contributed by atoms with van der Waals surface area (Å²) >= 11 is 3.65. The highest BCUT2D eigenvalue weighted by Gasteiger charge is 2.16. The molecule has 2 N–H and O–H groups in total. The van der Waals surface area contributed by atoms with Gasteiger partial charge in [-0.2, -0.15) is 5.10 Å². The summed E-state index contributed by atoms with van der Waals surface area (Å²) in [6.45, 7) is 5.77. The summed E-state index contributed by atoms with van der Waals surface area (Å²) in [6, 6.07) is 9.94. The van der Waals surface area contributed by atoms with Crippen LogP contribution in [0.15, 0.2) is 34.8 Å². The molecule has 5 heteroatoms. The second kappa shape index (κ2) is 7.73. The molecule has 0 aliphatic rings. The van der Waals surface area contributed by atoms with Crippen LogP contribution in [0.2, 0.25) is 0 Å². The van der Waals surface area contributed by atoms with E-state index in [9.17, 15) is 5.11 Å². The minimum Gasteiger partial charge on any atom is -0.394 e. The molecule has 1 aromatic heterocycles. The van der Waals surface area contributed by atoms with Gasteiger partial charge in [0.1, 0.15) is 0 Å². The molecule has 4 nitrogen and oxygen atoms in total.